The molecule has 0 aromatic carbocycles. The number of rotatable bonds is 3. The van der Waals surface area contributed by atoms with E-state index < -0.39 is 5.54 Å². The second-order valence-corrected chi connectivity index (χ2v) is 4.37. The van der Waals surface area contributed by atoms with E-state index in [0.29, 0.717) is 6.61 Å². The van der Waals surface area contributed by atoms with Crippen LogP contribution in [0.25, 0.3) is 0 Å². The van der Waals surface area contributed by atoms with Crippen LogP contribution in [0.3, 0.4) is 0 Å². The lowest BCUT2D eigenvalue weighted by atomic mass is 10.0. The summed E-state index contributed by atoms with van der Waals surface area (Å²) >= 11 is 0. The molecule has 0 aromatic rings. The summed E-state index contributed by atoms with van der Waals surface area (Å²) in [6, 6.07) is 0. The summed E-state index contributed by atoms with van der Waals surface area (Å²) in [7, 11) is 1.71. The van der Waals surface area contributed by atoms with Gasteiger partial charge in [0.05, 0.1) is 12.1 Å². The number of hydrogen-bond donors (Lipinski definition) is 1. The Kier molecular flexibility index (Phi) is 3.50. The zero-order chi connectivity index (χ0) is 10.8. The van der Waals surface area contributed by atoms with Gasteiger partial charge in [0.2, 0.25) is 0 Å². The molecule has 1 heterocycles. The average Bonchev–Trinajstić information content (AvgIpc) is 2.68. The first-order valence-corrected chi connectivity index (χ1v) is 4.99. The summed E-state index contributed by atoms with van der Waals surface area (Å²) in [5, 5.41) is 9.12. The van der Waals surface area contributed by atoms with Crippen LogP contribution in [-0.4, -0.2) is 47.8 Å². The molecule has 1 fully saturated rings. The van der Waals surface area contributed by atoms with E-state index in [9.17, 15) is 4.79 Å². The van der Waals surface area contributed by atoms with Crippen LogP contribution < -0.4 is 0 Å². The van der Waals surface area contributed by atoms with Gasteiger partial charge in [0, 0.05) is 13.7 Å². The van der Waals surface area contributed by atoms with E-state index in [0.717, 1.165) is 12.8 Å². The van der Waals surface area contributed by atoms with E-state index in [1.54, 1.807) is 11.9 Å². The van der Waals surface area contributed by atoms with E-state index in [1.165, 1.54) is 0 Å². The largest absolute Gasteiger partial charge is 0.394 e. The molecule has 1 aliphatic rings. The lowest BCUT2D eigenvalue weighted by Crippen LogP contribution is -2.51. The van der Waals surface area contributed by atoms with Gasteiger partial charge in [-0.1, -0.05) is 0 Å². The van der Waals surface area contributed by atoms with Crippen LogP contribution >= 0.6 is 0 Å². The Balaban J connectivity index is 2.59. The monoisotopic (exact) mass is 201 g/mol. The first-order chi connectivity index (χ1) is 6.49. The topological polar surface area (TPSA) is 49.8 Å². The molecule has 1 atom stereocenters. The van der Waals surface area contributed by atoms with Crippen molar-refractivity contribution in [2.24, 2.45) is 0 Å². The van der Waals surface area contributed by atoms with Gasteiger partial charge in [-0.25, -0.2) is 0 Å². The third kappa shape index (κ3) is 2.25. The number of amides is 1. The first-order valence-electron chi connectivity index (χ1n) is 4.99. The van der Waals surface area contributed by atoms with Crippen LogP contribution in [-0.2, 0) is 9.53 Å². The zero-order valence-electron chi connectivity index (χ0n) is 9.12. The van der Waals surface area contributed by atoms with Crippen LogP contribution in [0.1, 0.15) is 26.7 Å². The number of nitrogens with zero attached hydrogens (tertiary/aromatic N) is 1. The quantitative estimate of drug-likeness (QED) is 0.719. The summed E-state index contributed by atoms with van der Waals surface area (Å²) in [5.41, 5.74) is -0.511. The Morgan fingerprint density at radius 1 is 1.64 bits per heavy atom. The highest BCUT2D eigenvalue weighted by molar-refractivity contribution is 5.81. The Morgan fingerprint density at radius 3 is 2.71 bits per heavy atom. The van der Waals surface area contributed by atoms with Gasteiger partial charge in [0.1, 0.15) is 6.10 Å². The zero-order valence-corrected chi connectivity index (χ0v) is 9.12. The Bertz CT molecular complexity index is 209. The minimum atomic E-state index is -0.511. The van der Waals surface area contributed by atoms with Crippen molar-refractivity contribution < 1.29 is 14.6 Å². The Hall–Kier alpha value is -0.610. The smallest absolute Gasteiger partial charge is 0.251 e. The second-order valence-electron chi connectivity index (χ2n) is 4.37. The number of carbonyl (C=O) groups excluding carboxylic acids is 1. The van der Waals surface area contributed by atoms with Gasteiger partial charge in [-0.05, 0) is 26.7 Å². The minimum Gasteiger partial charge on any atom is -0.394 e. The third-order valence-corrected chi connectivity index (χ3v) is 2.83. The molecule has 0 aromatic heterocycles. The van der Waals surface area contributed by atoms with Crippen LogP contribution in [0.2, 0.25) is 0 Å². The fourth-order valence-electron chi connectivity index (χ4n) is 1.39. The van der Waals surface area contributed by atoms with Crippen LogP contribution in [0.15, 0.2) is 0 Å². The van der Waals surface area contributed by atoms with E-state index >= 15 is 0 Å². The molecule has 1 N–H and O–H groups in total. The van der Waals surface area contributed by atoms with E-state index in [2.05, 4.69) is 0 Å². The maximum atomic E-state index is 11.8. The average molecular weight is 201 g/mol. The van der Waals surface area contributed by atoms with Gasteiger partial charge in [-0.3, -0.25) is 4.79 Å². The molecule has 0 unspecified atom stereocenters. The SMILES string of the molecule is CN(C(=O)[C@H]1CCCO1)C(C)(C)CO. The summed E-state index contributed by atoms with van der Waals surface area (Å²) in [4.78, 5) is 13.4. The predicted octanol–water partition coefficient (Wildman–Crippen LogP) is 0.395. The van der Waals surface area contributed by atoms with Gasteiger partial charge in [-0.2, -0.15) is 0 Å². The molecule has 1 amide bonds. The molecule has 0 radical (unpaired) electrons. The summed E-state index contributed by atoms with van der Waals surface area (Å²) < 4.78 is 5.30. The summed E-state index contributed by atoms with van der Waals surface area (Å²) in [6.07, 6.45) is 1.44. The van der Waals surface area contributed by atoms with Crippen molar-refractivity contribution in [2.45, 2.75) is 38.3 Å². The molecule has 82 valence electrons. The van der Waals surface area contributed by atoms with E-state index in [4.69, 9.17) is 9.84 Å². The van der Waals surface area contributed by atoms with Crippen LogP contribution in [0, 0.1) is 0 Å². The van der Waals surface area contributed by atoms with Crippen molar-refractivity contribution in [1.82, 2.24) is 4.90 Å². The summed E-state index contributed by atoms with van der Waals surface area (Å²) in [6.45, 7) is 4.30. The fraction of sp³-hybridized carbons (Fsp3) is 0.900. The van der Waals surface area contributed by atoms with Crippen molar-refractivity contribution in [3.05, 3.63) is 0 Å². The van der Waals surface area contributed by atoms with Gasteiger partial charge >= 0.3 is 0 Å². The van der Waals surface area contributed by atoms with E-state index in [-0.39, 0.29) is 18.6 Å². The van der Waals surface area contributed by atoms with Crippen molar-refractivity contribution in [2.75, 3.05) is 20.3 Å². The number of ether oxygens (including phenoxy) is 1. The molecule has 1 rings (SSSR count). The minimum absolute atomic E-state index is 0.0263. The molecule has 1 aliphatic heterocycles. The standard InChI is InChI=1S/C10H19NO3/c1-10(2,7-12)11(3)9(13)8-5-4-6-14-8/h8,12H,4-7H2,1-3H3/t8-/m1/s1. The third-order valence-electron chi connectivity index (χ3n) is 2.83. The molecular weight excluding hydrogens is 182 g/mol. The number of likely N-dealkylation sites (N-methyl/N-ethyl adjacent to an activating group) is 1. The normalized spacial score (nSPS) is 22.4. The molecular formula is C10H19NO3. The second kappa shape index (κ2) is 4.28. The number of carbonyl (C=O) groups is 1. The molecule has 0 spiro atoms. The molecule has 0 aliphatic carbocycles. The van der Waals surface area contributed by atoms with Crippen molar-refractivity contribution in [3.8, 4) is 0 Å². The molecule has 1 saturated heterocycles. The lowest BCUT2D eigenvalue weighted by molar-refractivity contribution is -0.145. The highest BCUT2D eigenvalue weighted by Gasteiger charge is 2.33. The maximum absolute atomic E-state index is 11.8. The molecule has 4 nitrogen and oxygen atoms in total. The summed E-state index contributed by atoms with van der Waals surface area (Å²) in [5.74, 6) is -0.0263. The van der Waals surface area contributed by atoms with Gasteiger partial charge in [0.15, 0.2) is 0 Å². The van der Waals surface area contributed by atoms with Gasteiger partial charge in [-0.15, -0.1) is 0 Å². The van der Waals surface area contributed by atoms with Gasteiger partial charge < -0.3 is 14.7 Å². The maximum Gasteiger partial charge on any atom is 0.251 e. The molecule has 14 heavy (non-hydrogen) atoms. The highest BCUT2D eigenvalue weighted by atomic mass is 16.5. The fourth-order valence-corrected chi connectivity index (χ4v) is 1.39. The molecule has 0 saturated carbocycles. The lowest BCUT2D eigenvalue weighted by Gasteiger charge is -2.35. The van der Waals surface area contributed by atoms with Crippen LogP contribution in [0.4, 0.5) is 0 Å². The number of aliphatic hydroxyl groups is 1. The van der Waals surface area contributed by atoms with E-state index in [1.807, 2.05) is 13.8 Å². The molecule has 0 bridgehead atoms. The number of hydrogen-bond acceptors (Lipinski definition) is 3. The molecule has 4 heteroatoms. The van der Waals surface area contributed by atoms with Crippen molar-refractivity contribution in [3.63, 3.8) is 0 Å². The number of aliphatic hydroxyl groups excluding tert-OH is 1. The Labute approximate surface area is 84.8 Å². The Morgan fingerprint density at radius 2 is 2.29 bits per heavy atom. The van der Waals surface area contributed by atoms with Crippen molar-refractivity contribution in [1.29, 1.82) is 0 Å². The van der Waals surface area contributed by atoms with Crippen molar-refractivity contribution >= 4 is 5.91 Å². The first kappa shape index (κ1) is 11.5. The van der Waals surface area contributed by atoms with Crippen LogP contribution in [0.5, 0.6) is 0 Å². The van der Waals surface area contributed by atoms with Gasteiger partial charge in [0.25, 0.3) is 5.91 Å². The predicted molar refractivity (Wildman–Crippen MR) is 52.9 cm³/mol. The highest BCUT2D eigenvalue weighted by Crippen LogP contribution is 2.19.